The van der Waals surface area contributed by atoms with Crippen LogP contribution in [-0.2, 0) is 0 Å². The number of nitrogens with one attached hydrogen (secondary N) is 1. The van der Waals surface area contributed by atoms with Crippen LogP contribution in [0.2, 0.25) is 0 Å². The van der Waals surface area contributed by atoms with E-state index in [1.165, 1.54) is 12.1 Å². The van der Waals surface area contributed by atoms with E-state index >= 15 is 0 Å². The average Bonchev–Trinajstić information content (AvgIpc) is 2.30. The first kappa shape index (κ1) is 14.4. The number of rotatable bonds is 5. The monoisotopic (exact) mass is 255 g/mol. The summed E-state index contributed by atoms with van der Waals surface area (Å²) in [5, 5.41) is 13.9. The second-order valence-electron chi connectivity index (χ2n) is 4.82. The molecule has 0 radical (unpaired) electrons. The van der Waals surface area contributed by atoms with Gasteiger partial charge in [-0.2, -0.15) is 0 Å². The maximum Gasteiger partial charge on any atom is 0.295 e. The molecular formula is C12H18FN3O2. The fraction of sp³-hybridized carbons (Fsp3) is 0.500. The summed E-state index contributed by atoms with van der Waals surface area (Å²) < 4.78 is 13.0. The van der Waals surface area contributed by atoms with Crippen LogP contribution in [0.1, 0.15) is 20.8 Å². The zero-order chi connectivity index (χ0) is 13.9. The summed E-state index contributed by atoms with van der Waals surface area (Å²) in [6, 6.07) is 3.45. The van der Waals surface area contributed by atoms with Crippen LogP contribution < -0.4 is 11.1 Å². The lowest BCUT2D eigenvalue weighted by atomic mass is 9.88. The lowest BCUT2D eigenvalue weighted by Crippen LogP contribution is -2.47. The standard InChI is InChI=1S/C12H18FN3O2/c1-8(2)12(3,7-14)15-10-5-4-9(13)6-11(10)16(17)18/h4-6,8,15H,7,14H2,1-3H3. The van der Waals surface area contributed by atoms with E-state index in [4.69, 9.17) is 5.73 Å². The Morgan fingerprint density at radius 3 is 2.61 bits per heavy atom. The predicted molar refractivity (Wildman–Crippen MR) is 69.0 cm³/mol. The predicted octanol–water partition coefficient (Wildman–Crippen LogP) is 2.52. The van der Waals surface area contributed by atoms with E-state index in [1.54, 1.807) is 0 Å². The molecule has 0 bridgehead atoms. The van der Waals surface area contributed by atoms with Gasteiger partial charge in [0.2, 0.25) is 0 Å². The molecule has 0 heterocycles. The van der Waals surface area contributed by atoms with Crippen molar-refractivity contribution in [2.45, 2.75) is 26.3 Å². The van der Waals surface area contributed by atoms with E-state index in [1.807, 2.05) is 20.8 Å². The minimum Gasteiger partial charge on any atom is -0.373 e. The molecule has 1 atom stereocenters. The van der Waals surface area contributed by atoms with Crippen molar-refractivity contribution < 1.29 is 9.31 Å². The Hall–Kier alpha value is -1.69. The number of hydrogen-bond donors (Lipinski definition) is 2. The molecule has 5 nitrogen and oxygen atoms in total. The molecule has 1 aromatic rings. The number of nitrogens with zero attached hydrogens (tertiary/aromatic N) is 1. The molecule has 100 valence electrons. The Kier molecular flexibility index (Phi) is 4.24. The van der Waals surface area contributed by atoms with Crippen molar-refractivity contribution in [1.29, 1.82) is 0 Å². The Bertz CT molecular complexity index is 451. The molecule has 18 heavy (non-hydrogen) atoms. The fourth-order valence-corrected chi connectivity index (χ4v) is 1.50. The molecule has 0 aliphatic heterocycles. The Balaban J connectivity index is 3.14. The highest BCUT2D eigenvalue weighted by Crippen LogP contribution is 2.30. The van der Waals surface area contributed by atoms with Crippen LogP contribution in [0.15, 0.2) is 18.2 Å². The highest BCUT2D eigenvalue weighted by molar-refractivity contribution is 5.62. The third kappa shape index (κ3) is 2.95. The van der Waals surface area contributed by atoms with Gasteiger partial charge in [-0.15, -0.1) is 0 Å². The summed E-state index contributed by atoms with van der Waals surface area (Å²) >= 11 is 0. The lowest BCUT2D eigenvalue weighted by molar-refractivity contribution is -0.384. The van der Waals surface area contributed by atoms with Crippen LogP contribution in [0.4, 0.5) is 15.8 Å². The van der Waals surface area contributed by atoms with E-state index in [-0.39, 0.29) is 17.3 Å². The zero-order valence-electron chi connectivity index (χ0n) is 10.7. The van der Waals surface area contributed by atoms with Crippen molar-refractivity contribution in [2.24, 2.45) is 11.7 Å². The number of hydrogen-bond acceptors (Lipinski definition) is 4. The van der Waals surface area contributed by atoms with Gasteiger partial charge in [0.15, 0.2) is 0 Å². The SMILES string of the molecule is CC(C)C(C)(CN)Nc1ccc(F)cc1[N+](=O)[O-]. The molecule has 1 aromatic carbocycles. The molecule has 0 aliphatic rings. The van der Waals surface area contributed by atoms with Gasteiger partial charge in [0.05, 0.1) is 11.0 Å². The van der Waals surface area contributed by atoms with Gasteiger partial charge in [0.1, 0.15) is 11.5 Å². The van der Waals surface area contributed by atoms with Crippen molar-refractivity contribution in [1.82, 2.24) is 0 Å². The molecule has 1 rings (SSSR count). The van der Waals surface area contributed by atoms with Crippen molar-refractivity contribution in [3.05, 3.63) is 34.1 Å². The summed E-state index contributed by atoms with van der Waals surface area (Å²) in [6.45, 7) is 6.13. The van der Waals surface area contributed by atoms with E-state index in [0.29, 0.717) is 6.54 Å². The third-order valence-corrected chi connectivity index (χ3v) is 3.28. The van der Waals surface area contributed by atoms with Gasteiger partial charge in [0, 0.05) is 12.1 Å². The maximum absolute atomic E-state index is 13.0. The molecule has 0 spiro atoms. The largest absolute Gasteiger partial charge is 0.373 e. The maximum atomic E-state index is 13.0. The lowest BCUT2D eigenvalue weighted by Gasteiger charge is -2.34. The van der Waals surface area contributed by atoms with Gasteiger partial charge in [-0.05, 0) is 25.0 Å². The molecule has 6 heteroatoms. The molecule has 0 saturated heterocycles. The Morgan fingerprint density at radius 1 is 1.56 bits per heavy atom. The number of anilines is 1. The summed E-state index contributed by atoms with van der Waals surface area (Å²) in [5.41, 5.74) is 5.22. The summed E-state index contributed by atoms with van der Waals surface area (Å²) in [5.74, 6) is -0.460. The topological polar surface area (TPSA) is 81.2 Å². The van der Waals surface area contributed by atoms with Crippen LogP contribution in [0.3, 0.4) is 0 Å². The van der Waals surface area contributed by atoms with Gasteiger partial charge in [-0.1, -0.05) is 13.8 Å². The second kappa shape index (κ2) is 5.30. The zero-order valence-corrected chi connectivity index (χ0v) is 10.7. The van der Waals surface area contributed by atoms with Gasteiger partial charge >= 0.3 is 0 Å². The first-order valence-corrected chi connectivity index (χ1v) is 5.72. The minimum atomic E-state index is -0.633. The molecule has 0 saturated carbocycles. The average molecular weight is 255 g/mol. The van der Waals surface area contributed by atoms with Crippen LogP contribution in [-0.4, -0.2) is 17.0 Å². The van der Waals surface area contributed by atoms with Crippen LogP contribution >= 0.6 is 0 Å². The first-order chi connectivity index (χ1) is 8.30. The summed E-state index contributed by atoms with van der Waals surface area (Å²) in [6.07, 6.45) is 0. The number of nitro groups is 1. The molecule has 0 aliphatic carbocycles. The molecule has 0 aromatic heterocycles. The van der Waals surface area contributed by atoms with E-state index in [9.17, 15) is 14.5 Å². The van der Waals surface area contributed by atoms with E-state index in [0.717, 1.165) is 6.07 Å². The first-order valence-electron chi connectivity index (χ1n) is 5.72. The summed E-state index contributed by atoms with van der Waals surface area (Å²) in [4.78, 5) is 10.3. The third-order valence-electron chi connectivity index (χ3n) is 3.28. The van der Waals surface area contributed by atoms with Gasteiger partial charge < -0.3 is 11.1 Å². The van der Waals surface area contributed by atoms with E-state index < -0.39 is 16.3 Å². The smallest absolute Gasteiger partial charge is 0.295 e. The van der Waals surface area contributed by atoms with Crippen molar-refractivity contribution in [3.63, 3.8) is 0 Å². The number of halogens is 1. The molecule has 1 unspecified atom stereocenters. The van der Waals surface area contributed by atoms with Crippen LogP contribution in [0, 0.1) is 21.8 Å². The second-order valence-corrected chi connectivity index (χ2v) is 4.82. The Labute approximate surface area is 105 Å². The number of nitro benzene ring substituents is 1. The van der Waals surface area contributed by atoms with Crippen molar-refractivity contribution in [2.75, 3.05) is 11.9 Å². The van der Waals surface area contributed by atoms with Crippen molar-refractivity contribution >= 4 is 11.4 Å². The van der Waals surface area contributed by atoms with Crippen molar-refractivity contribution in [3.8, 4) is 0 Å². The van der Waals surface area contributed by atoms with Crippen LogP contribution in [0.5, 0.6) is 0 Å². The number of benzene rings is 1. The fourth-order valence-electron chi connectivity index (χ4n) is 1.50. The highest BCUT2D eigenvalue weighted by Gasteiger charge is 2.29. The minimum absolute atomic E-state index is 0.173. The normalized spacial score (nSPS) is 14.3. The molecule has 3 N–H and O–H groups in total. The molecular weight excluding hydrogens is 237 g/mol. The molecule has 0 fully saturated rings. The highest BCUT2D eigenvalue weighted by atomic mass is 19.1. The van der Waals surface area contributed by atoms with Gasteiger partial charge in [-0.25, -0.2) is 4.39 Å². The van der Waals surface area contributed by atoms with Gasteiger partial charge in [-0.3, -0.25) is 10.1 Å². The van der Waals surface area contributed by atoms with Gasteiger partial charge in [0.25, 0.3) is 5.69 Å². The van der Waals surface area contributed by atoms with Crippen LogP contribution in [0.25, 0.3) is 0 Å². The quantitative estimate of drug-likeness (QED) is 0.625. The summed E-state index contributed by atoms with van der Waals surface area (Å²) in [7, 11) is 0. The van der Waals surface area contributed by atoms with E-state index in [2.05, 4.69) is 5.32 Å². The molecule has 0 amide bonds. The Morgan fingerprint density at radius 2 is 2.17 bits per heavy atom. The number of nitrogens with two attached hydrogens (primary N) is 1.